The fraction of sp³-hybridized carbons (Fsp3) is 0.500. The van der Waals surface area contributed by atoms with Crippen LogP contribution >= 0.6 is 11.6 Å². The third kappa shape index (κ3) is 6.01. The minimum absolute atomic E-state index is 0.000270. The fourth-order valence-corrected chi connectivity index (χ4v) is 5.90. The van der Waals surface area contributed by atoms with Crippen LogP contribution < -0.4 is 10.6 Å². The van der Waals surface area contributed by atoms with E-state index in [1.165, 1.54) is 6.20 Å². The van der Waals surface area contributed by atoms with Crippen molar-refractivity contribution in [1.29, 1.82) is 0 Å². The molecule has 2 saturated heterocycles. The van der Waals surface area contributed by atoms with Crippen molar-refractivity contribution in [2.75, 3.05) is 30.3 Å². The van der Waals surface area contributed by atoms with Crippen LogP contribution in [0, 0.1) is 19.7 Å². The smallest absolute Gasteiger partial charge is 0.239 e. The molecule has 2 aromatic heterocycles. The first-order chi connectivity index (χ1) is 18.7. The molecule has 39 heavy (non-hydrogen) atoms. The summed E-state index contributed by atoms with van der Waals surface area (Å²) in [7, 11) is 0. The number of hydrogen-bond donors (Lipinski definition) is 3. The normalized spacial score (nSPS) is 18.6. The maximum absolute atomic E-state index is 15.3. The molecule has 5 rings (SSSR count). The van der Waals surface area contributed by atoms with Crippen molar-refractivity contribution >= 4 is 40.8 Å². The molecule has 1 atom stereocenters. The molecule has 208 valence electrons. The van der Waals surface area contributed by atoms with Gasteiger partial charge in [0, 0.05) is 30.9 Å². The summed E-state index contributed by atoms with van der Waals surface area (Å²) in [5, 5.41) is 13.3. The van der Waals surface area contributed by atoms with Gasteiger partial charge in [0.2, 0.25) is 11.9 Å². The molecule has 2 aliphatic heterocycles. The van der Waals surface area contributed by atoms with Gasteiger partial charge in [0.05, 0.1) is 17.9 Å². The van der Waals surface area contributed by atoms with E-state index in [0.717, 1.165) is 49.0 Å². The molecule has 4 heterocycles. The molecule has 1 aromatic carbocycles. The van der Waals surface area contributed by atoms with Crippen LogP contribution in [0.1, 0.15) is 62.3 Å². The quantitative estimate of drug-likeness (QED) is 0.345. The summed E-state index contributed by atoms with van der Waals surface area (Å²) in [6.07, 6.45) is 5.13. The summed E-state index contributed by atoms with van der Waals surface area (Å²) in [4.78, 5) is 26.2. The van der Waals surface area contributed by atoms with Crippen molar-refractivity contribution in [3.63, 3.8) is 0 Å². The standard InChI is InChI=1S/C28H36ClFN8O/c1-16(2)38-9-5-6-24(38)27(39)37-10-7-19(8-11-37)20-14-22(30)23(12-17(20)3)32-28-31-15-21(29)26(34-28)33-25-13-18(4)35-36-25/h12-16,19,24H,5-11H2,1-4H3,(H3,31,32,33,34,35,36)/t24-/m1/s1. The minimum Gasteiger partial charge on any atom is -0.341 e. The van der Waals surface area contributed by atoms with Gasteiger partial charge >= 0.3 is 0 Å². The van der Waals surface area contributed by atoms with E-state index < -0.39 is 0 Å². The summed E-state index contributed by atoms with van der Waals surface area (Å²) in [5.74, 6) is 1.24. The highest BCUT2D eigenvalue weighted by Gasteiger charge is 2.36. The van der Waals surface area contributed by atoms with E-state index >= 15 is 4.39 Å². The van der Waals surface area contributed by atoms with Crippen molar-refractivity contribution < 1.29 is 9.18 Å². The predicted molar refractivity (Wildman–Crippen MR) is 151 cm³/mol. The molecule has 0 bridgehead atoms. The number of hydrogen-bond acceptors (Lipinski definition) is 7. The molecule has 0 spiro atoms. The average Bonchev–Trinajstić information content (AvgIpc) is 3.57. The number of halogens is 2. The molecular formula is C28H36ClFN8O. The Balaban J connectivity index is 1.24. The Kier molecular flexibility index (Phi) is 8.04. The van der Waals surface area contributed by atoms with Crippen molar-refractivity contribution in [2.24, 2.45) is 0 Å². The first-order valence-corrected chi connectivity index (χ1v) is 14.0. The molecular weight excluding hydrogens is 519 g/mol. The van der Waals surface area contributed by atoms with E-state index in [9.17, 15) is 4.79 Å². The number of carbonyl (C=O) groups excluding carboxylic acids is 1. The number of aromatic amines is 1. The van der Waals surface area contributed by atoms with Gasteiger partial charge in [0.25, 0.3) is 0 Å². The Morgan fingerprint density at radius 1 is 1.13 bits per heavy atom. The van der Waals surface area contributed by atoms with Crippen LogP contribution in [0.15, 0.2) is 24.4 Å². The lowest BCUT2D eigenvalue weighted by molar-refractivity contribution is -0.137. The lowest BCUT2D eigenvalue weighted by Gasteiger charge is -2.37. The van der Waals surface area contributed by atoms with Gasteiger partial charge in [0.1, 0.15) is 10.8 Å². The van der Waals surface area contributed by atoms with Crippen molar-refractivity contribution in [2.45, 2.75) is 71.4 Å². The van der Waals surface area contributed by atoms with Crippen LogP contribution in [0.3, 0.4) is 0 Å². The number of H-pyrrole nitrogens is 1. The molecule has 1 amide bonds. The van der Waals surface area contributed by atoms with Gasteiger partial charge in [-0.15, -0.1) is 0 Å². The first kappa shape index (κ1) is 27.3. The second-order valence-corrected chi connectivity index (χ2v) is 11.3. The third-order valence-corrected chi connectivity index (χ3v) is 8.06. The Bertz CT molecular complexity index is 1340. The highest BCUT2D eigenvalue weighted by atomic mass is 35.5. The van der Waals surface area contributed by atoms with Gasteiger partial charge in [-0.2, -0.15) is 10.1 Å². The van der Waals surface area contributed by atoms with E-state index in [-0.39, 0.29) is 29.6 Å². The van der Waals surface area contributed by atoms with Crippen LogP contribution in [0.2, 0.25) is 5.02 Å². The number of carbonyl (C=O) groups is 1. The van der Waals surface area contributed by atoms with Gasteiger partial charge in [-0.3, -0.25) is 14.8 Å². The van der Waals surface area contributed by atoms with E-state index in [0.29, 0.717) is 41.5 Å². The monoisotopic (exact) mass is 554 g/mol. The number of rotatable bonds is 7. The number of anilines is 4. The first-order valence-electron chi connectivity index (χ1n) is 13.6. The number of nitrogens with one attached hydrogen (secondary N) is 3. The molecule has 3 N–H and O–H groups in total. The Hall–Kier alpha value is -3.24. The molecule has 2 aliphatic rings. The zero-order chi connectivity index (χ0) is 27.7. The summed E-state index contributed by atoms with van der Waals surface area (Å²) in [6.45, 7) is 10.6. The molecule has 0 unspecified atom stereocenters. The largest absolute Gasteiger partial charge is 0.341 e. The lowest BCUT2D eigenvalue weighted by atomic mass is 9.86. The number of piperidine rings is 1. The topological polar surface area (TPSA) is 102 Å². The number of benzene rings is 1. The van der Waals surface area contributed by atoms with Crippen molar-refractivity contribution in [1.82, 2.24) is 30.0 Å². The van der Waals surface area contributed by atoms with E-state index in [1.54, 1.807) is 12.1 Å². The Morgan fingerprint density at radius 2 is 1.90 bits per heavy atom. The summed E-state index contributed by atoms with van der Waals surface area (Å²) >= 11 is 6.25. The van der Waals surface area contributed by atoms with Crippen LogP contribution in [0.5, 0.6) is 0 Å². The second kappa shape index (κ2) is 11.5. The summed E-state index contributed by atoms with van der Waals surface area (Å²) in [5.41, 5.74) is 3.16. The zero-order valence-corrected chi connectivity index (χ0v) is 23.6. The van der Waals surface area contributed by atoms with Gasteiger partial charge < -0.3 is 15.5 Å². The average molecular weight is 555 g/mol. The predicted octanol–water partition coefficient (Wildman–Crippen LogP) is 5.68. The third-order valence-electron chi connectivity index (χ3n) is 7.79. The fourth-order valence-electron chi connectivity index (χ4n) is 5.77. The molecule has 2 fully saturated rings. The number of aromatic nitrogens is 4. The van der Waals surface area contributed by atoms with E-state index in [2.05, 4.69) is 49.5 Å². The molecule has 9 nitrogen and oxygen atoms in total. The summed E-state index contributed by atoms with van der Waals surface area (Å²) in [6, 6.07) is 5.60. The molecule has 11 heteroatoms. The number of amides is 1. The van der Waals surface area contributed by atoms with Gasteiger partial charge in [-0.05, 0) is 89.1 Å². The highest BCUT2D eigenvalue weighted by Crippen LogP contribution is 2.35. The molecule has 0 aliphatic carbocycles. The van der Waals surface area contributed by atoms with Crippen molar-refractivity contribution in [3.8, 4) is 0 Å². The van der Waals surface area contributed by atoms with Crippen LogP contribution in [-0.2, 0) is 4.79 Å². The second-order valence-electron chi connectivity index (χ2n) is 10.9. The SMILES string of the molecule is Cc1cc(Nc2nc(Nc3cc(C)c(C4CCN(C(=O)[C@H]5CCCN5C(C)C)CC4)cc3F)ncc2Cl)n[nH]1. The van der Waals surface area contributed by atoms with E-state index in [4.69, 9.17) is 11.6 Å². The Labute approximate surface area is 233 Å². The lowest BCUT2D eigenvalue weighted by Crippen LogP contribution is -2.49. The Morgan fingerprint density at radius 3 is 2.59 bits per heavy atom. The number of likely N-dealkylation sites (tertiary alicyclic amines) is 2. The van der Waals surface area contributed by atoms with Gasteiger partial charge in [0.15, 0.2) is 11.6 Å². The maximum Gasteiger partial charge on any atom is 0.239 e. The number of aryl methyl sites for hydroxylation is 2. The van der Waals surface area contributed by atoms with Gasteiger partial charge in [-0.1, -0.05) is 11.6 Å². The minimum atomic E-state index is -0.372. The van der Waals surface area contributed by atoms with Crippen LogP contribution in [0.25, 0.3) is 0 Å². The molecule has 3 aromatic rings. The van der Waals surface area contributed by atoms with E-state index in [1.807, 2.05) is 24.8 Å². The highest BCUT2D eigenvalue weighted by molar-refractivity contribution is 6.32. The van der Waals surface area contributed by atoms with Crippen LogP contribution in [0.4, 0.5) is 27.7 Å². The maximum atomic E-state index is 15.3. The molecule has 0 saturated carbocycles. The number of nitrogens with zero attached hydrogens (tertiary/aromatic N) is 5. The zero-order valence-electron chi connectivity index (χ0n) is 22.9. The van der Waals surface area contributed by atoms with Gasteiger partial charge in [-0.25, -0.2) is 9.37 Å². The molecule has 0 radical (unpaired) electrons. The summed E-state index contributed by atoms with van der Waals surface area (Å²) < 4.78 is 15.3. The van der Waals surface area contributed by atoms with Crippen molar-refractivity contribution in [3.05, 3.63) is 52.1 Å². The van der Waals surface area contributed by atoms with Crippen LogP contribution in [-0.4, -0.2) is 67.6 Å².